The lowest BCUT2D eigenvalue weighted by Gasteiger charge is -2.05. The zero-order valence-corrected chi connectivity index (χ0v) is 14.7. The van der Waals surface area contributed by atoms with Crippen molar-refractivity contribution in [2.75, 3.05) is 19.5 Å². The van der Waals surface area contributed by atoms with Gasteiger partial charge in [-0.1, -0.05) is 35.6 Å². The number of hydrogen-bond donors (Lipinski definition) is 1. The van der Waals surface area contributed by atoms with E-state index in [1.807, 2.05) is 24.3 Å². The minimum atomic E-state index is -0.251. The van der Waals surface area contributed by atoms with E-state index in [-0.39, 0.29) is 5.91 Å². The topological polar surface area (TPSA) is 73.3 Å². The fourth-order valence-corrected chi connectivity index (χ4v) is 3.08. The van der Waals surface area contributed by atoms with E-state index in [9.17, 15) is 4.79 Å². The van der Waals surface area contributed by atoms with Gasteiger partial charge in [-0.05, 0) is 24.3 Å². The average Bonchev–Trinajstić information content (AvgIpc) is 3.09. The second-order valence-electron chi connectivity index (χ2n) is 5.18. The maximum Gasteiger partial charge on any atom is 0.257 e. The van der Waals surface area contributed by atoms with E-state index in [2.05, 4.69) is 15.5 Å². The molecule has 0 bridgehead atoms. The van der Waals surface area contributed by atoms with E-state index in [0.29, 0.717) is 22.9 Å². The first-order valence-electron chi connectivity index (χ1n) is 7.59. The number of nitrogens with one attached hydrogen (secondary N) is 1. The molecule has 1 aromatic heterocycles. The number of anilines is 1. The van der Waals surface area contributed by atoms with Crippen LogP contribution in [0.3, 0.4) is 0 Å². The van der Waals surface area contributed by atoms with Crippen LogP contribution >= 0.6 is 11.3 Å². The van der Waals surface area contributed by atoms with Gasteiger partial charge in [0.15, 0.2) is 0 Å². The van der Waals surface area contributed by atoms with Crippen molar-refractivity contribution < 1.29 is 14.3 Å². The van der Waals surface area contributed by atoms with Crippen LogP contribution in [0.5, 0.6) is 11.5 Å². The van der Waals surface area contributed by atoms with Gasteiger partial charge in [-0.25, -0.2) is 0 Å². The molecular weight excluding hydrogens is 338 g/mol. The summed E-state index contributed by atoms with van der Waals surface area (Å²) in [5.74, 6) is 1.18. The highest BCUT2D eigenvalue weighted by Gasteiger charge is 2.12. The van der Waals surface area contributed by atoms with Gasteiger partial charge in [0.25, 0.3) is 5.91 Å². The Kier molecular flexibility index (Phi) is 5.25. The Balaban J connectivity index is 1.70. The minimum Gasteiger partial charge on any atom is -0.497 e. The Labute approximate surface area is 149 Å². The molecule has 1 N–H and O–H groups in total. The molecule has 0 saturated carbocycles. The number of aromatic nitrogens is 2. The Morgan fingerprint density at radius 2 is 1.92 bits per heavy atom. The van der Waals surface area contributed by atoms with Gasteiger partial charge in [0.2, 0.25) is 5.13 Å². The molecule has 6 nitrogen and oxygen atoms in total. The fourth-order valence-electron chi connectivity index (χ4n) is 2.32. The molecular formula is C18H17N3O3S. The summed E-state index contributed by atoms with van der Waals surface area (Å²) in [6.45, 7) is 0. The molecule has 128 valence electrons. The normalized spacial score (nSPS) is 10.3. The molecule has 7 heteroatoms. The first kappa shape index (κ1) is 16.9. The van der Waals surface area contributed by atoms with Crippen molar-refractivity contribution in [3.63, 3.8) is 0 Å². The maximum atomic E-state index is 12.3. The smallest absolute Gasteiger partial charge is 0.257 e. The van der Waals surface area contributed by atoms with Crippen LogP contribution in [0.25, 0.3) is 0 Å². The summed E-state index contributed by atoms with van der Waals surface area (Å²) < 4.78 is 10.5. The fraction of sp³-hybridized carbons (Fsp3) is 0.167. The summed E-state index contributed by atoms with van der Waals surface area (Å²) >= 11 is 1.34. The molecule has 0 saturated heterocycles. The van der Waals surface area contributed by atoms with Crippen LogP contribution in [0.1, 0.15) is 20.9 Å². The van der Waals surface area contributed by atoms with Crippen molar-refractivity contribution in [3.05, 3.63) is 64.7 Å². The van der Waals surface area contributed by atoms with Crippen LogP contribution in [-0.4, -0.2) is 30.3 Å². The number of benzene rings is 2. The molecule has 3 aromatic rings. The lowest BCUT2D eigenvalue weighted by atomic mass is 10.1. The highest BCUT2D eigenvalue weighted by Crippen LogP contribution is 2.24. The zero-order valence-electron chi connectivity index (χ0n) is 13.9. The number of ether oxygens (including phenoxy) is 2. The number of amides is 1. The van der Waals surface area contributed by atoms with E-state index in [4.69, 9.17) is 9.47 Å². The van der Waals surface area contributed by atoms with E-state index >= 15 is 0 Å². The van der Waals surface area contributed by atoms with Crippen LogP contribution in [0.4, 0.5) is 5.13 Å². The maximum absolute atomic E-state index is 12.3. The Morgan fingerprint density at radius 3 is 2.72 bits per heavy atom. The summed E-state index contributed by atoms with van der Waals surface area (Å²) in [7, 11) is 3.20. The molecule has 1 amide bonds. The third-order valence-corrected chi connectivity index (χ3v) is 4.39. The van der Waals surface area contributed by atoms with Crippen molar-refractivity contribution in [1.29, 1.82) is 0 Å². The average molecular weight is 355 g/mol. The quantitative estimate of drug-likeness (QED) is 0.734. The van der Waals surface area contributed by atoms with Gasteiger partial charge in [-0.15, -0.1) is 10.2 Å². The molecule has 2 aromatic carbocycles. The lowest BCUT2D eigenvalue weighted by Crippen LogP contribution is -2.11. The van der Waals surface area contributed by atoms with Crippen LogP contribution in [0.2, 0.25) is 0 Å². The Hall–Kier alpha value is -2.93. The highest BCUT2D eigenvalue weighted by atomic mass is 32.1. The second-order valence-corrected chi connectivity index (χ2v) is 6.24. The number of carbonyl (C=O) groups is 1. The van der Waals surface area contributed by atoms with Crippen LogP contribution in [0.15, 0.2) is 48.5 Å². The van der Waals surface area contributed by atoms with Gasteiger partial charge in [0, 0.05) is 17.5 Å². The number of carbonyl (C=O) groups excluding carboxylic acids is 1. The van der Waals surface area contributed by atoms with Crippen molar-refractivity contribution in [1.82, 2.24) is 10.2 Å². The van der Waals surface area contributed by atoms with Gasteiger partial charge < -0.3 is 9.47 Å². The van der Waals surface area contributed by atoms with Crippen LogP contribution in [0, 0.1) is 0 Å². The van der Waals surface area contributed by atoms with E-state index in [1.54, 1.807) is 38.5 Å². The summed E-state index contributed by atoms with van der Waals surface area (Å²) in [5, 5.41) is 12.2. The number of nitrogens with zero attached hydrogens (tertiary/aromatic N) is 2. The molecule has 0 atom stereocenters. The lowest BCUT2D eigenvalue weighted by molar-refractivity contribution is 0.102. The summed E-state index contributed by atoms with van der Waals surface area (Å²) in [5.41, 5.74) is 1.52. The predicted octanol–water partition coefficient (Wildman–Crippen LogP) is 3.40. The van der Waals surface area contributed by atoms with Crippen molar-refractivity contribution in [2.24, 2.45) is 0 Å². The summed E-state index contributed by atoms with van der Waals surface area (Å²) in [6.07, 6.45) is 0.594. The van der Waals surface area contributed by atoms with Crippen molar-refractivity contribution in [2.45, 2.75) is 6.42 Å². The van der Waals surface area contributed by atoms with Gasteiger partial charge in [0.1, 0.15) is 16.5 Å². The Bertz CT molecular complexity index is 879. The standard InChI is InChI=1S/C18H17N3O3S/c1-23-14-8-5-7-13(10-14)17(22)19-18-21-20-16(25-18)11-12-6-3-4-9-15(12)24-2/h3-10H,11H2,1-2H3,(H,19,21,22). The molecule has 3 rings (SSSR count). The molecule has 25 heavy (non-hydrogen) atoms. The second kappa shape index (κ2) is 7.76. The molecule has 0 radical (unpaired) electrons. The highest BCUT2D eigenvalue weighted by molar-refractivity contribution is 7.15. The van der Waals surface area contributed by atoms with Gasteiger partial charge in [0.05, 0.1) is 14.2 Å². The monoisotopic (exact) mass is 355 g/mol. The summed E-state index contributed by atoms with van der Waals surface area (Å²) in [6, 6.07) is 14.7. The van der Waals surface area contributed by atoms with Gasteiger partial charge in [-0.2, -0.15) is 0 Å². The van der Waals surface area contributed by atoms with Crippen molar-refractivity contribution in [3.8, 4) is 11.5 Å². The van der Waals surface area contributed by atoms with Crippen LogP contribution < -0.4 is 14.8 Å². The summed E-state index contributed by atoms with van der Waals surface area (Å²) in [4.78, 5) is 12.3. The molecule has 0 aliphatic rings. The van der Waals surface area contributed by atoms with E-state index < -0.39 is 0 Å². The molecule has 0 aliphatic carbocycles. The third kappa shape index (κ3) is 4.13. The third-order valence-electron chi connectivity index (χ3n) is 3.55. The number of para-hydroxylation sites is 1. The SMILES string of the molecule is COc1cccc(C(=O)Nc2nnc(Cc3ccccc3OC)s2)c1. The van der Waals surface area contributed by atoms with E-state index in [1.165, 1.54) is 11.3 Å². The number of hydrogen-bond acceptors (Lipinski definition) is 6. The first-order chi connectivity index (χ1) is 12.2. The van der Waals surface area contributed by atoms with Gasteiger partial charge >= 0.3 is 0 Å². The first-order valence-corrected chi connectivity index (χ1v) is 8.41. The molecule has 1 heterocycles. The minimum absolute atomic E-state index is 0.251. The van der Waals surface area contributed by atoms with Crippen LogP contribution in [-0.2, 0) is 6.42 Å². The molecule has 0 unspecified atom stereocenters. The van der Waals surface area contributed by atoms with Crippen molar-refractivity contribution >= 4 is 22.4 Å². The number of rotatable bonds is 6. The Morgan fingerprint density at radius 1 is 1.08 bits per heavy atom. The number of methoxy groups -OCH3 is 2. The molecule has 0 fully saturated rings. The zero-order chi connectivity index (χ0) is 17.6. The van der Waals surface area contributed by atoms with E-state index in [0.717, 1.165) is 16.3 Å². The largest absolute Gasteiger partial charge is 0.497 e. The molecule has 0 spiro atoms. The molecule has 0 aliphatic heterocycles. The van der Waals surface area contributed by atoms with Gasteiger partial charge in [-0.3, -0.25) is 10.1 Å². The predicted molar refractivity (Wildman–Crippen MR) is 96.7 cm³/mol.